The summed E-state index contributed by atoms with van der Waals surface area (Å²) in [4.78, 5) is 23.2. The van der Waals surface area contributed by atoms with E-state index in [0.717, 1.165) is 38.7 Å². The van der Waals surface area contributed by atoms with Crippen LogP contribution in [0.3, 0.4) is 0 Å². The average molecular weight is 372 g/mol. The first kappa shape index (κ1) is 16.2. The zero-order valence-electron chi connectivity index (χ0n) is 14.0. The van der Waals surface area contributed by atoms with E-state index in [2.05, 4.69) is 24.0 Å². The quantitative estimate of drug-likeness (QED) is 0.760. The third-order valence-electron chi connectivity index (χ3n) is 4.40. The van der Waals surface area contributed by atoms with Gasteiger partial charge in [-0.15, -0.1) is 22.7 Å². The highest BCUT2D eigenvalue weighted by atomic mass is 32.1. The summed E-state index contributed by atoms with van der Waals surface area (Å²) in [6.07, 6.45) is 0.0717. The predicted octanol–water partition coefficient (Wildman–Crippen LogP) is 3.55. The Bertz CT molecular complexity index is 998. The highest BCUT2D eigenvalue weighted by Crippen LogP contribution is 2.46. The Labute approximate surface area is 152 Å². The number of carbonyl (C=O) groups is 1. The van der Waals surface area contributed by atoms with Crippen molar-refractivity contribution in [1.29, 1.82) is 0 Å². The van der Waals surface area contributed by atoms with Gasteiger partial charge in [0.05, 0.1) is 34.6 Å². The van der Waals surface area contributed by atoms with Gasteiger partial charge < -0.3 is 10.3 Å². The zero-order valence-corrected chi connectivity index (χ0v) is 15.6. The Morgan fingerprint density at radius 3 is 2.80 bits per heavy atom. The van der Waals surface area contributed by atoms with Crippen molar-refractivity contribution in [2.24, 2.45) is 10.7 Å². The number of nitrogens with two attached hydrogens (primary N) is 1. The molecule has 0 bridgehead atoms. The van der Waals surface area contributed by atoms with Crippen molar-refractivity contribution in [1.82, 2.24) is 10.1 Å². The summed E-state index contributed by atoms with van der Waals surface area (Å²) in [5, 5.41) is 6.09. The summed E-state index contributed by atoms with van der Waals surface area (Å²) >= 11 is 3.21. The summed E-state index contributed by atoms with van der Waals surface area (Å²) in [5.74, 6) is 0.175. The van der Waals surface area contributed by atoms with Crippen LogP contribution in [0.1, 0.15) is 45.6 Å². The van der Waals surface area contributed by atoms with E-state index in [0.29, 0.717) is 5.76 Å². The number of thiophene rings is 1. The van der Waals surface area contributed by atoms with E-state index in [1.54, 1.807) is 16.8 Å². The van der Waals surface area contributed by atoms with E-state index in [-0.39, 0.29) is 6.42 Å². The molecule has 4 heterocycles. The number of aromatic nitrogens is 2. The van der Waals surface area contributed by atoms with Gasteiger partial charge in [-0.3, -0.25) is 9.79 Å². The Kier molecular flexibility index (Phi) is 3.81. The number of hydrogen-bond acceptors (Lipinski definition) is 7. The van der Waals surface area contributed by atoms with Crippen LogP contribution in [0.4, 0.5) is 0 Å². The molecule has 1 unspecified atom stereocenters. The second kappa shape index (κ2) is 5.89. The van der Waals surface area contributed by atoms with E-state index in [1.807, 2.05) is 12.3 Å². The molecule has 0 aliphatic carbocycles. The molecule has 3 aromatic heterocycles. The molecule has 6 nitrogen and oxygen atoms in total. The molecule has 0 spiro atoms. The Morgan fingerprint density at radius 2 is 2.12 bits per heavy atom. The fourth-order valence-corrected chi connectivity index (χ4v) is 4.91. The Hall–Kier alpha value is -2.32. The van der Waals surface area contributed by atoms with E-state index in [4.69, 9.17) is 15.2 Å². The molecule has 128 valence electrons. The molecule has 0 radical (unpaired) electrons. The van der Waals surface area contributed by atoms with Crippen molar-refractivity contribution in [3.05, 3.63) is 44.0 Å². The fourth-order valence-electron chi connectivity index (χ4n) is 3.11. The number of rotatable bonds is 3. The van der Waals surface area contributed by atoms with Gasteiger partial charge in [-0.1, -0.05) is 5.16 Å². The molecular formula is C17H16N4O2S2. The normalized spacial score (nSPS) is 16.1. The minimum Gasteiger partial charge on any atom is -0.370 e. The number of fused-ring (bicyclic) bond motifs is 3. The molecule has 8 heteroatoms. The molecule has 25 heavy (non-hydrogen) atoms. The minimum atomic E-state index is -0.496. The van der Waals surface area contributed by atoms with Crippen molar-refractivity contribution in [2.75, 3.05) is 0 Å². The zero-order chi connectivity index (χ0) is 17.7. The molecule has 1 amide bonds. The van der Waals surface area contributed by atoms with Crippen molar-refractivity contribution >= 4 is 34.3 Å². The lowest BCUT2D eigenvalue weighted by molar-refractivity contribution is -0.118. The van der Waals surface area contributed by atoms with Gasteiger partial charge in [0, 0.05) is 20.7 Å². The topological polar surface area (TPSA) is 94.4 Å². The van der Waals surface area contributed by atoms with Gasteiger partial charge in [0.25, 0.3) is 0 Å². The van der Waals surface area contributed by atoms with Crippen LogP contribution in [0.25, 0.3) is 10.4 Å². The first-order valence-electron chi connectivity index (χ1n) is 7.79. The maximum Gasteiger partial charge on any atom is 0.220 e. The summed E-state index contributed by atoms with van der Waals surface area (Å²) in [6, 6.07) is -0.496. The predicted molar refractivity (Wildman–Crippen MR) is 98.3 cm³/mol. The van der Waals surface area contributed by atoms with Crippen molar-refractivity contribution in [2.45, 2.75) is 33.2 Å². The van der Waals surface area contributed by atoms with E-state index in [9.17, 15) is 4.79 Å². The van der Waals surface area contributed by atoms with Crippen molar-refractivity contribution in [3.8, 4) is 10.4 Å². The summed E-state index contributed by atoms with van der Waals surface area (Å²) in [6.45, 7) is 6.09. The molecule has 4 rings (SSSR count). The highest BCUT2D eigenvalue weighted by Gasteiger charge is 2.34. The van der Waals surface area contributed by atoms with E-state index >= 15 is 0 Å². The second-order valence-electron chi connectivity index (χ2n) is 6.03. The van der Waals surface area contributed by atoms with Crippen LogP contribution in [0.2, 0.25) is 0 Å². The molecular weight excluding hydrogens is 356 g/mol. The number of aliphatic imine (C=N–C) groups is 1. The number of carbonyl (C=O) groups excluding carboxylic acids is 1. The molecule has 0 aromatic carbocycles. The number of aryl methyl sites for hydroxylation is 2. The largest absolute Gasteiger partial charge is 0.370 e. The van der Waals surface area contributed by atoms with Crippen molar-refractivity contribution < 1.29 is 9.32 Å². The minimum absolute atomic E-state index is 0.0717. The maximum absolute atomic E-state index is 11.6. The first-order chi connectivity index (χ1) is 12.0. The van der Waals surface area contributed by atoms with Gasteiger partial charge in [0.2, 0.25) is 5.91 Å². The third kappa shape index (κ3) is 2.52. The molecule has 3 aromatic rings. The SMILES string of the molecule is Cc1noc2c1-c1sc(C)c(C)c1C(c1cscn1)=NC2CC(N)=O. The standard InChI is InChI=1S/C17H16N4O2S2/c1-7-9(3)25-17-13(7)15(11-5-24-6-19-11)20-10(4-12(18)22)16-14(17)8(2)21-23-16/h5-6,10H,4H2,1-3H3,(H2,18,22). The molecule has 1 atom stereocenters. The molecule has 1 aliphatic heterocycles. The molecule has 0 saturated heterocycles. The highest BCUT2D eigenvalue weighted by molar-refractivity contribution is 7.16. The maximum atomic E-state index is 11.6. The smallest absolute Gasteiger partial charge is 0.220 e. The molecule has 1 aliphatic rings. The Balaban J connectivity index is 2.05. The van der Waals surface area contributed by atoms with Crippen LogP contribution in [-0.2, 0) is 4.79 Å². The molecule has 0 saturated carbocycles. The number of amides is 1. The van der Waals surface area contributed by atoms with Crippen LogP contribution >= 0.6 is 22.7 Å². The number of thiazole rings is 1. The van der Waals surface area contributed by atoms with Gasteiger partial charge in [0.15, 0.2) is 5.76 Å². The number of nitrogens with zero attached hydrogens (tertiary/aromatic N) is 3. The van der Waals surface area contributed by atoms with E-state index < -0.39 is 11.9 Å². The van der Waals surface area contributed by atoms with Crippen LogP contribution in [0, 0.1) is 20.8 Å². The van der Waals surface area contributed by atoms with Gasteiger partial charge in [0.1, 0.15) is 6.04 Å². The lowest BCUT2D eigenvalue weighted by Gasteiger charge is -2.09. The van der Waals surface area contributed by atoms with Crippen LogP contribution in [0.5, 0.6) is 0 Å². The monoisotopic (exact) mass is 372 g/mol. The molecule has 2 N–H and O–H groups in total. The van der Waals surface area contributed by atoms with E-state index in [1.165, 1.54) is 16.2 Å². The molecule has 0 fully saturated rings. The first-order valence-corrected chi connectivity index (χ1v) is 9.54. The number of primary amides is 1. The van der Waals surface area contributed by atoms with Crippen LogP contribution in [0.15, 0.2) is 20.4 Å². The summed E-state index contributed by atoms with van der Waals surface area (Å²) in [5.41, 5.74) is 12.8. The Morgan fingerprint density at radius 1 is 1.32 bits per heavy atom. The summed E-state index contributed by atoms with van der Waals surface area (Å²) < 4.78 is 5.58. The van der Waals surface area contributed by atoms with Gasteiger partial charge in [-0.05, 0) is 26.3 Å². The third-order valence-corrected chi connectivity index (χ3v) is 6.21. The van der Waals surface area contributed by atoms with Crippen LogP contribution in [-0.4, -0.2) is 21.8 Å². The van der Waals surface area contributed by atoms with Crippen molar-refractivity contribution in [3.63, 3.8) is 0 Å². The lowest BCUT2D eigenvalue weighted by atomic mass is 9.99. The van der Waals surface area contributed by atoms with Gasteiger partial charge >= 0.3 is 0 Å². The number of hydrogen-bond donors (Lipinski definition) is 1. The lowest BCUT2D eigenvalue weighted by Crippen LogP contribution is -2.15. The van der Waals surface area contributed by atoms with Gasteiger partial charge in [-0.2, -0.15) is 0 Å². The fraction of sp³-hybridized carbons (Fsp3) is 0.294. The summed E-state index contributed by atoms with van der Waals surface area (Å²) in [7, 11) is 0. The average Bonchev–Trinajstić information content (AvgIpc) is 3.24. The van der Waals surface area contributed by atoms with Crippen LogP contribution < -0.4 is 5.73 Å². The second-order valence-corrected chi connectivity index (χ2v) is 7.98. The van der Waals surface area contributed by atoms with Gasteiger partial charge in [-0.25, -0.2) is 4.98 Å².